The number of hydrogen-bond donors (Lipinski definition) is 1. The Morgan fingerprint density at radius 1 is 1.24 bits per heavy atom. The number of carbonyl (C=O) groups is 1. The van der Waals surface area contributed by atoms with Gasteiger partial charge in [0.15, 0.2) is 5.78 Å². The highest BCUT2D eigenvalue weighted by molar-refractivity contribution is 7.91. The van der Waals surface area contributed by atoms with Gasteiger partial charge in [0, 0.05) is 12.2 Å². The average molecular weight is 260 g/mol. The van der Waals surface area contributed by atoms with E-state index in [1.165, 1.54) is 6.26 Å². The lowest BCUT2D eigenvalue weighted by molar-refractivity contribution is -0.133. The molecule has 5 heteroatoms. The number of sulfone groups is 1. The number of hydrogen-bond acceptors (Lipinski definition) is 4. The maximum atomic E-state index is 12.0. The third-order valence-corrected chi connectivity index (χ3v) is 5.63. The molecule has 3 atom stereocenters. The van der Waals surface area contributed by atoms with Crippen molar-refractivity contribution >= 4 is 15.6 Å². The molecule has 0 spiro atoms. The molecule has 2 aliphatic rings. The molecule has 0 aliphatic heterocycles. The van der Waals surface area contributed by atoms with Crippen LogP contribution in [-0.2, 0) is 14.6 Å². The first-order valence-electron chi connectivity index (χ1n) is 6.30. The van der Waals surface area contributed by atoms with E-state index in [2.05, 4.69) is 0 Å². The SMILES string of the molecule is CS(=O)(=O)C1CCCC(C(=O)C(O)C2CC2)C1. The summed E-state index contributed by atoms with van der Waals surface area (Å²) in [5.41, 5.74) is 0. The zero-order valence-electron chi connectivity index (χ0n) is 10.1. The molecule has 0 aromatic rings. The third-order valence-electron chi connectivity index (χ3n) is 3.99. The highest BCUT2D eigenvalue weighted by Gasteiger charge is 2.40. The predicted octanol–water partition coefficient (Wildman–Crippen LogP) is 0.930. The largest absolute Gasteiger partial charge is 0.385 e. The van der Waals surface area contributed by atoms with Gasteiger partial charge in [0.1, 0.15) is 15.9 Å². The van der Waals surface area contributed by atoms with Gasteiger partial charge < -0.3 is 5.11 Å². The van der Waals surface area contributed by atoms with Crippen molar-refractivity contribution in [3.8, 4) is 0 Å². The monoisotopic (exact) mass is 260 g/mol. The van der Waals surface area contributed by atoms with Crippen LogP contribution in [-0.4, -0.2) is 36.9 Å². The lowest BCUT2D eigenvalue weighted by Gasteiger charge is -2.28. The van der Waals surface area contributed by atoms with Crippen LogP contribution in [0.5, 0.6) is 0 Å². The van der Waals surface area contributed by atoms with Crippen molar-refractivity contribution < 1.29 is 18.3 Å². The number of aliphatic hydroxyl groups excluding tert-OH is 1. The van der Waals surface area contributed by atoms with Gasteiger partial charge in [-0.25, -0.2) is 8.42 Å². The first-order valence-corrected chi connectivity index (χ1v) is 8.25. The van der Waals surface area contributed by atoms with Gasteiger partial charge in [-0.1, -0.05) is 6.42 Å². The molecule has 3 unspecified atom stereocenters. The van der Waals surface area contributed by atoms with E-state index in [0.29, 0.717) is 12.8 Å². The van der Waals surface area contributed by atoms with Gasteiger partial charge in [-0.05, 0) is 38.0 Å². The van der Waals surface area contributed by atoms with Gasteiger partial charge in [-0.2, -0.15) is 0 Å². The minimum absolute atomic E-state index is 0.124. The summed E-state index contributed by atoms with van der Waals surface area (Å²) in [6, 6.07) is 0. The predicted molar refractivity (Wildman–Crippen MR) is 64.3 cm³/mol. The van der Waals surface area contributed by atoms with Crippen LogP contribution in [0, 0.1) is 11.8 Å². The Morgan fingerprint density at radius 3 is 2.41 bits per heavy atom. The Labute approximate surface area is 102 Å². The minimum Gasteiger partial charge on any atom is -0.385 e. The van der Waals surface area contributed by atoms with Crippen molar-refractivity contribution in [3.63, 3.8) is 0 Å². The number of carbonyl (C=O) groups excluding carboxylic acids is 1. The van der Waals surface area contributed by atoms with Gasteiger partial charge in [-0.15, -0.1) is 0 Å². The van der Waals surface area contributed by atoms with E-state index in [0.717, 1.165) is 25.7 Å². The van der Waals surface area contributed by atoms with Crippen molar-refractivity contribution in [1.82, 2.24) is 0 Å². The second-order valence-electron chi connectivity index (χ2n) is 5.50. The smallest absolute Gasteiger partial charge is 0.164 e. The minimum atomic E-state index is -3.06. The molecular formula is C12H20O4S. The van der Waals surface area contributed by atoms with Crippen LogP contribution in [0.4, 0.5) is 0 Å². The summed E-state index contributed by atoms with van der Waals surface area (Å²) in [5.74, 6) is -0.235. The van der Waals surface area contributed by atoms with Crippen LogP contribution >= 0.6 is 0 Å². The van der Waals surface area contributed by atoms with E-state index in [-0.39, 0.29) is 17.6 Å². The van der Waals surface area contributed by atoms with Gasteiger partial charge in [-0.3, -0.25) is 4.79 Å². The molecule has 2 rings (SSSR count). The third kappa shape index (κ3) is 3.07. The molecule has 0 amide bonds. The summed E-state index contributed by atoms with van der Waals surface area (Å²) in [6.07, 6.45) is 4.80. The molecule has 2 aliphatic carbocycles. The lowest BCUT2D eigenvalue weighted by Crippen LogP contribution is -2.36. The van der Waals surface area contributed by atoms with Crippen molar-refractivity contribution in [2.45, 2.75) is 49.9 Å². The summed E-state index contributed by atoms with van der Waals surface area (Å²) >= 11 is 0. The highest BCUT2D eigenvalue weighted by atomic mass is 32.2. The normalized spacial score (nSPS) is 32.1. The number of aliphatic hydroxyl groups is 1. The van der Waals surface area contributed by atoms with Crippen molar-refractivity contribution in [1.29, 1.82) is 0 Å². The van der Waals surface area contributed by atoms with Crippen molar-refractivity contribution in [3.05, 3.63) is 0 Å². The van der Waals surface area contributed by atoms with E-state index in [1.54, 1.807) is 0 Å². The summed E-state index contributed by atoms with van der Waals surface area (Å²) < 4.78 is 23.0. The Kier molecular flexibility index (Phi) is 3.59. The van der Waals surface area contributed by atoms with Gasteiger partial charge in [0.2, 0.25) is 0 Å². The molecule has 98 valence electrons. The molecular weight excluding hydrogens is 240 g/mol. The van der Waals surface area contributed by atoms with Crippen LogP contribution in [0.15, 0.2) is 0 Å². The summed E-state index contributed by atoms with van der Waals surface area (Å²) in [4.78, 5) is 12.0. The maximum absolute atomic E-state index is 12.0. The van der Waals surface area contributed by atoms with E-state index in [9.17, 15) is 18.3 Å². The second kappa shape index (κ2) is 4.69. The molecule has 2 saturated carbocycles. The van der Waals surface area contributed by atoms with Crippen LogP contribution in [0.25, 0.3) is 0 Å². The van der Waals surface area contributed by atoms with Crippen LogP contribution in [0.3, 0.4) is 0 Å². The summed E-state index contributed by atoms with van der Waals surface area (Å²) in [5, 5.41) is 9.41. The summed E-state index contributed by atoms with van der Waals surface area (Å²) in [6.45, 7) is 0. The van der Waals surface area contributed by atoms with Crippen LogP contribution in [0.1, 0.15) is 38.5 Å². The molecule has 0 radical (unpaired) electrons. The molecule has 0 saturated heterocycles. The molecule has 17 heavy (non-hydrogen) atoms. The molecule has 1 N–H and O–H groups in total. The topological polar surface area (TPSA) is 71.4 Å². The Morgan fingerprint density at radius 2 is 1.88 bits per heavy atom. The molecule has 0 aromatic carbocycles. The highest BCUT2D eigenvalue weighted by Crippen LogP contribution is 2.37. The first kappa shape index (κ1) is 13.0. The zero-order chi connectivity index (χ0) is 12.6. The van der Waals surface area contributed by atoms with E-state index >= 15 is 0 Å². The lowest BCUT2D eigenvalue weighted by atomic mass is 9.83. The second-order valence-corrected chi connectivity index (χ2v) is 7.83. The van der Waals surface area contributed by atoms with Crippen molar-refractivity contribution in [2.75, 3.05) is 6.26 Å². The maximum Gasteiger partial charge on any atom is 0.164 e. The fourth-order valence-electron chi connectivity index (χ4n) is 2.68. The van der Waals surface area contributed by atoms with E-state index < -0.39 is 21.2 Å². The average Bonchev–Trinajstić information content (AvgIpc) is 3.10. The molecule has 4 nitrogen and oxygen atoms in total. The van der Waals surface area contributed by atoms with Gasteiger partial charge in [0.25, 0.3) is 0 Å². The van der Waals surface area contributed by atoms with Crippen LogP contribution < -0.4 is 0 Å². The van der Waals surface area contributed by atoms with Crippen molar-refractivity contribution in [2.24, 2.45) is 11.8 Å². The Bertz CT molecular complexity index is 397. The summed E-state index contributed by atoms with van der Waals surface area (Å²) in [7, 11) is -3.06. The van der Waals surface area contributed by atoms with Crippen LogP contribution in [0.2, 0.25) is 0 Å². The zero-order valence-corrected chi connectivity index (χ0v) is 10.9. The van der Waals surface area contributed by atoms with E-state index in [4.69, 9.17) is 0 Å². The Balaban J connectivity index is 1.99. The molecule has 0 aromatic heterocycles. The molecule has 0 heterocycles. The Hall–Kier alpha value is -0.420. The number of Topliss-reactive ketones (excluding diaryl/α,β-unsaturated/α-hetero) is 1. The van der Waals surface area contributed by atoms with Gasteiger partial charge >= 0.3 is 0 Å². The fourth-order valence-corrected chi connectivity index (χ4v) is 3.85. The fraction of sp³-hybridized carbons (Fsp3) is 0.917. The number of ketones is 1. The molecule has 0 bridgehead atoms. The molecule has 2 fully saturated rings. The quantitative estimate of drug-likeness (QED) is 0.816. The standard InChI is InChI=1S/C12H20O4S/c1-17(15,16)10-4-2-3-9(7-10)12(14)11(13)8-5-6-8/h8-11,13H,2-7H2,1H3. The van der Waals surface area contributed by atoms with E-state index in [1.807, 2.05) is 0 Å². The number of rotatable bonds is 4. The van der Waals surface area contributed by atoms with Gasteiger partial charge in [0.05, 0.1) is 5.25 Å². The first-order chi connectivity index (χ1) is 7.89.